The van der Waals surface area contributed by atoms with Gasteiger partial charge in [-0.05, 0) is 24.3 Å². The number of amides is 1. The lowest BCUT2D eigenvalue weighted by atomic mass is 10.1. The number of aromatic nitrogens is 2. The topological polar surface area (TPSA) is 74.8 Å². The van der Waals surface area contributed by atoms with E-state index in [1.54, 1.807) is 12.1 Å². The van der Waals surface area contributed by atoms with Gasteiger partial charge in [-0.3, -0.25) is 14.9 Å². The lowest BCUT2D eigenvalue weighted by Crippen LogP contribution is -2.14. The molecule has 23 heavy (non-hydrogen) atoms. The number of carbonyl (C=O) groups is 2. The molecule has 0 radical (unpaired) electrons. The summed E-state index contributed by atoms with van der Waals surface area (Å²) in [6.07, 6.45) is 0.277. The van der Waals surface area contributed by atoms with Crippen LogP contribution in [0.25, 0.3) is 11.0 Å². The number of rotatable bonds is 5. The number of imidazole rings is 1. The third kappa shape index (κ3) is 3.84. The minimum atomic E-state index is -0.241. The van der Waals surface area contributed by atoms with E-state index in [-0.39, 0.29) is 24.5 Å². The molecule has 0 spiro atoms. The number of nitrogens with one attached hydrogen (secondary N) is 2. The molecule has 0 unspecified atom stereocenters. The summed E-state index contributed by atoms with van der Waals surface area (Å²) in [6.45, 7) is 0. The molecule has 0 aliphatic rings. The van der Waals surface area contributed by atoms with E-state index < -0.39 is 0 Å². The highest BCUT2D eigenvalue weighted by Crippen LogP contribution is 2.15. The Morgan fingerprint density at radius 2 is 1.78 bits per heavy atom. The number of benzene rings is 2. The predicted octanol–water partition coefficient (Wildman–Crippen LogP) is 3.93. The van der Waals surface area contributed by atoms with Gasteiger partial charge in [-0.25, -0.2) is 4.98 Å². The van der Waals surface area contributed by atoms with E-state index in [4.69, 9.17) is 0 Å². The van der Waals surface area contributed by atoms with Crippen molar-refractivity contribution < 1.29 is 9.59 Å². The maximum atomic E-state index is 12.0. The maximum absolute atomic E-state index is 12.0. The van der Waals surface area contributed by atoms with Crippen LogP contribution in [-0.4, -0.2) is 21.7 Å². The molecule has 1 amide bonds. The Morgan fingerprint density at radius 3 is 2.52 bits per heavy atom. The highest BCUT2D eigenvalue weighted by Gasteiger charge is 2.11. The van der Waals surface area contributed by atoms with Crippen LogP contribution < -0.4 is 5.32 Å². The van der Waals surface area contributed by atoms with Crippen molar-refractivity contribution in [1.82, 2.24) is 9.97 Å². The van der Waals surface area contributed by atoms with E-state index in [0.29, 0.717) is 11.5 Å². The van der Waals surface area contributed by atoms with Crippen LogP contribution in [0.15, 0.2) is 53.0 Å². The second kappa shape index (κ2) is 6.75. The summed E-state index contributed by atoms with van der Waals surface area (Å²) < 4.78 is 0.914. The summed E-state index contributed by atoms with van der Waals surface area (Å²) in [6, 6.07) is 14.6. The highest BCUT2D eigenvalue weighted by atomic mass is 79.9. The van der Waals surface area contributed by atoms with E-state index in [2.05, 4.69) is 31.2 Å². The van der Waals surface area contributed by atoms with Crippen LogP contribution in [0.2, 0.25) is 0 Å². The number of H-pyrrole nitrogens is 1. The Bertz CT molecular complexity index is 823. The van der Waals surface area contributed by atoms with Crippen LogP contribution in [0.3, 0.4) is 0 Å². The van der Waals surface area contributed by atoms with Gasteiger partial charge in [0.1, 0.15) is 0 Å². The number of carbonyl (C=O) groups excluding carboxylic acids is 2. The molecule has 3 rings (SSSR count). The third-order valence-corrected chi connectivity index (χ3v) is 3.92. The number of hydrogen-bond acceptors (Lipinski definition) is 3. The third-order valence-electron chi connectivity index (χ3n) is 3.39. The second-order valence-corrected chi connectivity index (χ2v) is 6.00. The van der Waals surface area contributed by atoms with Gasteiger partial charge in [-0.15, -0.1) is 0 Å². The first-order valence-corrected chi connectivity index (χ1v) is 7.94. The Balaban J connectivity index is 1.56. The fourth-order valence-electron chi connectivity index (χ4n) is 2.21. The summed E-state index contributed by atoms with van der Waals surface area (Å²) in [5.41, 5.74) is 2.24. The molecule has 116 valence electrons. The Hall–Kier alpha value is -2.47. The van der Waals surface area contributed by atoms with Gasteiger partial charge in [0.15, 0.2) is 5.78 Å². The van der Waals surface area contributed by atoms with Gasteiger partial charge in [0.2, 0.25) is 11.9 Å². The molecule has 5 nitrogen and oxygen atoms in total. The Kier molecular flexibility index (Phi) is 4.52. The van der Waals surface area contributed by atoms with Crippen LogP contribution in [0.4, 0.5) is 5.95 Å². The minimum absolute atomic E-state index is 0.0581. The molecule has 0 bridgehead atoms. The SMILES string of the molecule is O=C(CCC(=O)c1ccc(Br)cc1)Nc1nc2ccccc2[nH]1. The van der Waals surface area contributed by atoms with E-state index in [0.717, 1.165) is 15.5 Å². The van der Waals surface area contributed by atoms with Crippen LogP contribution in [0.1, 0.15) is 23.2 Å². The average molecular weight is 372 g/mol. The molecule has 0 saturated carbocycles. The minimum Gasteiger partial charge on any atom is -0.324 e. The molecule has 2 N–H and O–H groups in total. The number of para-hydroxylation sites is 2. The molecule has 3 aromatic rings. The molecule has 2 aromatic carbocycles. The smallest absolute Gasteiger partial charge is 0.227 e. The number of ketones is 1. The van der Waals surface area contributed by atoms with Crippen LogP contribution in [0, 0.1) is 0 Å². The molecule has 0 saturated heterocycles. The van der Waals surface area contributed by atoms with E-state index in [1.165, 1.54) is 0 Å². The number of Topliss-reactive ketones (excluding diaryl/α,β-unsaturated/α-hetero) is 1. The van der Waals surface area contributed by atoms with Gasteiger partial charge in [-0.1, -0.05) is 40.2 Å². The van der Waals surface area contributed by atoms with Gasteiger partial charge in [-0.2, -0.15) is 0 Å². The van der Waals surface area contributed by atoms with Gasteiger partial charge in [0, 0.05) is 22.9 Å². The van der Waals surface area contributed by atoms with Crippen molar-refractivity contribution in [1.29, 1.82) is 0 Å². The number of nitrogens with zero attached hydrogens (tertiary/aromatic N) is 1. The van der Waals surface area contributed by atoms with E-state index >= 15 is 0 Å². The lowest BCUT2D eigenvalue weighted by Gasteiger charge is -2.02. The van der Waals surface area contributed by atoms with Crippen molar-refractivity contribution in [2.45, 2.75) is 12.8 Å². The largest absolute Gasteiger partial charge is 0.324 e. The van der Waals surface area contributed by atoms with Gasteiger partial charge in [0.05, 0.1) is 11.0 Å². The average Bonchev–Trinajstić information content (AvgIpc) is 2.95. The number of aromatic amines is 1. The number of anilines is 1. The first-order valence-electron chi connectivity index (χ1n) is 7.15. The monoisotopic (exact) mass is 371 g/mol. The van der Waals surface area contributed by atoms with Crippen LogP contribution >= 0.6 is 15.9 Å². The predicted molar refractivity (Wildman–Crippen MR) is 92.4 cm³/mol. The Labute approximate surface area is 141 Å². The summed E-state index contributed by atoms with van der Waals surface area (Å²) in [7, 11) is 0. The molecule has 1 heterocycles. The van der Waals surface area contributed by atoms with Crippen molar-refractivity contribution in [2.75, 3.05) is 5.32 Å². The summed E-state index contributed by atoms with van der Waals surface area (Å²) in [5, 5.41) is 2.68. The van der Waals surface area contributed by atoms with Gasteiger partial charge in [0.25, 0.3) is 0 Å². The molecular formula is C17H14BrN3O2. The number of halogens is 1. The van der Waals surface area contributed by atoms with Crippen molar-refractivity contribution in [2.24, 2.45) is 0 Å². The normalized spacial score (nSPS) is 10.7. The van der Waals surface area contributed by atoms with Crippen molar-refractivity contribution in [3.63, 3.8) is 0 Å². The van der Waals surface area contributed by atoms with E-state index in [1.807, 2.05) is 36.4 Å². The van der Waals surface area contributed by atoms with Crippen LogP contribution in [0.5, 0.6) is 0 Å². The zero-order chi connectivity index (χ0) is 16.2. The quantitative estimate of drug-likeness (QED) is 0.667. The second-order valence-electron chi connectivity index (χ2n) is 5.08. The summed E-state index contributed by atoms with van der Waals surface area (Å²) in [5.74, 6) is 0.0964. The number of hydrogen-bond donors (Lipinski definition) is 2. The lowest BCUT2D eigenvalue weighted by molar-refractivity contribution is -0.116. The number of fused-ring (bicyclic) bond motifs is 1. The molecule has 6 heteroatoms. The molecule has 0 aliphatic carbocycles. The summed E-state index contributed by atoms with van der Waals surface area (Å²) >= 11 is 3.32. The first kappa shape index (κ1) is 15.4. The van der Waals surface area contributed by atoms with Gasteiger partial charge < -0.3 is 4.98 Å². The zero-order valence-electron chi connectivity index (χ0n) is 12.2. The molecular weight excluding hydrogens is 358 g/mol. The van der Waals surface area contributed by atoms with Gasteiger partial charge >= 0.3 is 0 Å². The molecule has 1 aromatic heterocycles. The fraction of sp³-hybridized carbons (Fsp3) is 0.118. The standard InChI is InChI=1S/C17H14BrN3O2/c18-12-7-5-11(6-8-12)15(22)9-10-16(23)21-17-19-13-3-1-2-4-14(13)20-17/h1-8H,9-10H2,(H2,19,20,21,23). The molecule has 0 atom stereocenters. The first-order chi connectivity index (χ1) is 11.1. The van der Waals surface area contributed by atoms with Crippen molar-refractivity contribution >= 4 is 44.6 Å². The maximum Gasteiger partial charge on any atom is 0.227 e. The Morgan fingerprint density at radius 1 is 1.04 bits per heavy atom. The van der Waals surface area contributed by atoms with E-state index in [9.17, 15) is 9.59 Å². The summed E-state index contributed by atoms with van der Waals surface area (Å²) in [4.78, 5) is 31.3. The molecule has 0 fully saturated rings. The van der Waals surface area contributed by atoms with Crippen LogP contribution in [-0.2, 0) is 4.79 Å². The van der Waals surface area contributed by atoms with Crippen molar-refractivity contribution in [3.05, 3.63) is 58.6 Å². The zero-order valence-corrected chi connectivity index (χ0v) is 13.8. The van der Waals surface area contributed by atoms with Crippen molar-refractivity contribution in [3.8, 4) is 0 Å². The fourth-order valence-corrected chi connectivity index (χ4v) is 2.48. The molecule has 0 aliphatic heterocycles. The highest BCUT2D eigenvalue weighted by molar-refractivity contribution is 9.10.